The number of nitrogens with one attached hydrogen (secondary N) is 1. The highest BCUT2D eigenvalue weighted by Gasteiger charge is 2.28. The molecule has 3 rings (SSSR count). The van der Waals surface area contributed by atoms with Crippen LogP contribution in [0.3, 0.4) is 0 Å². The molecule has 0 fully saturated rings. The van der Waals surface area contributed by atoms with Gasteiger partial charge in [-0.3, -0.25) is 9.10 Å². The third kappa shape index (κ3) is 6.11. The van der Waals surface area contributed by atoms with Crippen LogP contribution in [-0.2, 0) is 14.8 Å². The molecule has 11 heteroatoms. The van der Waals surface area contributed by atoms with E-state index in [0.29, 0.717) is 17.2 Å². The minimum absolute atomic E-state index is 0.0946. The van der Waals surface area contributed by atoms with Gasteiger partial charge in [0.05, 0.1) is 37.6 Å². The molecular weight excluding hydrogens is 489 g/mol. The highest BCUT2D eigenvalue weighted by Crippen LogP contribution is 2.32. The van der Waals surface area contributed by atoms with E-state index in [4.69, 9.17) is 14.2 Å². The number of carbonyl (C=O) groups excluding carboxylic acids is 1. The largest absolute Gasteiger partial charge is 0.497 e. The number of nitrogens with zero attached hydrogens (tertiary/aromatic N) is 2. The first kappa shape index (κ1) is 26.5. The highest BCUT2D eigenvalue weighted by atomic mass is 32.2. The predicted octanol–water partition coefficient (Wildman–Crippen LogP) is 3.59. The molecular formula is C25H26FN3O6S. The molecule has 0 atom stereocenters. The van der Waals surface area contributed by atoms with Crippen molar-refractivity contribution in [3.8, 4) is 17.2 Å². The summed E-state index contributed by atoms with van der Waals surface area (Å²) in [6.07, 6.45) is 0. The maximum Gasteiger partial charge on any atom is 0.264 e. The van der Waals surface area contributed by atoms with Gasteiger partial charge in [0.25, 0.3) is 15.9 Å². The predicted molar refractivity (Wildman–Crippen MR) is 134 cm³/mol. The minimum atomic E-state index is -4.27. The number of anilines is 1. The van der Waals surface area contributed by atoms with Crippen molar-refractivity contribution in [3.63, 3.8) is 0 Å². The molecule has 0 aliphatic heterocycles. The van der Waals surface area contributed by atoms with Crippen LogP contribution in [0.4, 0.5) is 10.1 Å². The molecule has 0 aromatic heterocycles. The Morgan fingerprint density at radius 2 is 1.56 bits per heavy atom. The molecule has 0 heterocycles. The molecule has 0 bridgehead atoms. The summed E-state index contributed by atoms with van der Waals surface area (Å²) in [6, 6.07) is 15.9. The normalized spacial score (nSPS) is 11.5. The van der Waals surface area contributed by atoms with Crippen LogP contribution < -0.4 is 23.9 Å². The van der Waals surface area contributed by atoms with Gasteiger partial charge < -0.3 is 14.2 Å². The number of amides is 1. The van der Waals surface area contributed by atoms with Crippen molar-refractivity contribution >= 4 is 27.3 Å². The summed E-state index contributed by atoms with van der Waals surface area (Å²) in [5, 5.41) is 4.07. The van der Waals surface area contributed by atoms with Crippen LogP contribution >= 0.6 is 0 Å². The first-order chi connectivity index (χ1) is 17.2. The number of hydrogen-bond donors (Lipinski definition) is 1. The summed E-state index contributed by atoms with van der Waals surface area (Å²) in [6.45, 7) is 1.09. The zero-order valence-corrected chi connectivity index (χ0v) is 21.0. The molecule has 0 saturated heterocycles. The molecule has 1 N–H and O–H groups in total. The molecule has 0 spiro atoms. The second-order valence-electron chi connectivity index (χ2n) is 7.47. The fourth-order valence-electron chi connectivity index (χ4n) is 3.24. The van der Waals surface area contributed by atoms with Gasteiger partial charge in [0.1, 0.15) is 18.1 Å². The molecule has 0 aliphatic carbocycles. The SMILES string of the molecule is COc1ccc(/C(C)=N\NC(=O)CN(c2ccc(F)cc2)S(=O)(=O)c2ccc(OC)c(OC)c2)cc1. The van der Waals surface area contributed by atoms with Gasteiger partial charge in [-0.2, -0.15) is 5.10 Å². The second kappa shape index (κ2) is 11.5. The number of hydrogen-bond acceptors (Lipinski definition) is 7. The summed E-state index contributed by atoms with van der Waals surface area (Å²) in [4.78, 5) is 12.6. The fraction of sp³-hybridized carbons (Fsp3) is 0.200. The topological polar surface area (TPSA) is 107 Å². The Labute approximate surface area is 209 Å². The second-order valence-corrected chi connectivity index (χ2v) is 9.33. The maximum absolute atomic E-state index is 13.5. The number of sulfonamides is 1. The van der Waals surface area contributed by atoms with E-state index in [1.807, 2.05) is 0 Å². The van der Waals surface area contributed by atoms with Crippen LogP contribution in [0.1, 0.15) is 12.5 Å². The first-order valence-corrected chi connectivity index (χ1v) is 12.1. The lowest BCUT2D eigenvalue weighted by atomic mass is 10.1. The van der Waals surface area contributed by atoms with Gasteiger partial charge in [-0.25, -0.2) is 18.2 Å². The van der Waals surface area contributed by atoms with Gasteiger partial charge in [0.2, 0.25) is 0 Å². The zero-order chi connectivity index (χ0) is 26.3. The summed E-state index contributed by atoms with van der Waals surface area (Å²) in [5.41, 5.74) is 3.72. The van der Waals surface area contributed by atoms with Crippen molar-refractivity contribution in [2.45, 2.75) is 11.8 Å². The molecule has 1 amide bonds. The minimum Gasteiger partial charge on any atom is -0.497 e. The van der Waals surface area contributed by atoms with E-state index < -0.39 is 28.3 Å². The van der Waals surface area contributed by atoms with Crippen molar-refractivity contribution in [2.24, 2.45) is 5.10 Å². The van der Waals surface area contributed by atoms with Crippen LogP contribution in [0.2, 0.25) is 0 Å². The Bertz CT molecular complexity index is 1340. The number of halogens is 1. The fourth-order valence-corrected chi connectivity index (χ4v) is 4.67. The van der Waals surface area contributed by atoms with Gasteiger partial charge in [-0.15, -0.1) is 0 Å². The zero-order valence-electron chi connectivity index (χ0n) is 20.2. The molecule has 3 aromatic carbocycles. The standard InChI is InChI=1S/C25H26FN3O6S/c1-17(18-5-11-21(33-2)12-6-18)27-28-25(30)16-29(20-9-7-19(26)8-10-20)36(31,32)22-13-14-23(34-3)24(15-22)35-4/h5-15H,16H2,1-4H3,(H,28,30)/b27-17-. The van der Waals surface area contributed by atoms with Crippen LogP contribution in [0.15, 0.2) is 76.7 Å². The third-order valence-electron chi connectivity index (χ3n) is 5.20. The Morgan fingerprint density at radius 3 is 2.14 bits per heavy atom. The van der Waals surface area contributed by atoms with Crippen LogP contribution in [-0.4, -0.2) is 47.9 Å². The number of benzene rings is 3. The van der Waals surface area contributed by atoms with E-state index in [1.54, 1.807) is 38.3 Å². The molecule has 0 unspecified atom stereocenters. The molecule has 0 radical (unpaired) electrons. The molecule has 3 aromatic rings. The number of ether oxygens (including phenoxy) is 3. The lowest BCUT2D eigenvalue weighted by Crippen LogP contribution is -2.39. The Morgan fingerprint density at radius 1 is 0.917 bits per heavy atom. The molecule has 190 valence electrons. The number of carbonyl (C=O) groups is 1. The molecule has 0 saturated carbocycles. The lowest BCUT2D eigenvalue weighted by molar-refractivity contribution is -0.119. The average molecular weight is 516 g/mol. The van der Waals surface area contributed by atoms with Crippen LogP contribution in [0.25, 0.3) is 0 Å². The van der Waals surface area contributed by atoms with E-state index in [9.17, 15) is 17.6 Å². The monoisotopic (exact) mass is 515 g/mol. The van der Waals surface area contributed by atoms with E-state index in [-0.39, 0.29) is 16.3 Å². The number of methoxy groups -OCH3 is 3. The summed E-state index contributed by atoms with van der Waals surface area (Å²) in [5.74, 6) is -0.0406. The maximum atomic E-state index is 13.5. The van der Waals surface area contributed by atoms with Crippen molar-refractivity contribution in [1.82, 2.24) is 5.43 Å². The van der Waals surface area contributed by atoms with E-state index >= 15 is 0 Å². The molecule has 36 heavy (non-hydrogen) atoms. The Kier molecular flexibility index (Phi) is 8.49. The number of hydrazone groups is 1. The van der Waals surface area contributed by atoms with Crippen molar-refractivity contribution < 1.29 is 31.8 Å². The van der Waals surface area contributed by atoms with Crippen molar-refractivity contribution in [3.05, 3.63) is 78.1 Å². The van der Waals surface area contributed by atoms with E-state index in [1.165, 1.54) is 44.6 Å². The van der Waals surface area contributed by atoms with E-state index in [2.05, 4.69) is 10.5 Å². The molecule has 9 nitrogen and oxygen atoms in total. The van der Waals surface area contributed by atoms with Crippen molar-refractivity contribution in [2.75, 3.05) is 32.2 Å². The molecule has 0 aliphatic rings. The smallest absolute Gasteiger partial charge is 0.264 e. The van der Waals surface area contributed by atoms with Crippen LogP contribution in [0.5, 0.6) is 17.2 Å². The summed E-state index contributed by atoms with van der Waals surface area (Å²) in [7, 11) is 0.0926. The van der Waals surface area contributed by atoms with Gasteiger partial charge in [0, 0.05) is 6.07 Å². The Balaban J connectivity index is 1.89. The van der Waals surface area contributed by atoms with Gasteiger partial charge in [-0.1, -0.05) is 0 Å². The average Bonchev–Trinajstić information content (AvgIpc) is 2.90. The highest BCUT2D eigenvalue weighted by molar-refractivity contribution is 7.92. The van der Waals surface area contributed by atoms with E-state index in [0.717, 1.165) is 22.0 Å². The quantitative estimate of drug-likeness (QED) is 0.327. The third-order valence-corrected chi connectivity index (χ3v) is 6.97. The summed E-state index contributed by atoms with van der Waals surface area (Å²) >= 11 is 0. The first-order valence-electron chi connectivity index (χ1n) is 10.7. The Hall–Kier alpha value is -4.12. The number of rotatable bonds is 10. The van der Waals surface area contributed by atoms with Gasteiger partial charge in [0.15, 0.2) is 11.5 Å². The van der Waals surface area contributed by atoms with Crippen molar-refractivity contribution in [1.29, 1.82) is 0 Å². The summed E-state index contributed by atoms with van der Waals surface area (Å²) < 4.78 is 57.0. The van der Waals surface area contributed by atoms with Crippen LogP contribution in [0, 0.1) is 5.82 Å². The lowest BCUT2D eigenvalue weighted by Gasteiger charge is -2.24. The van der Waals surface area contributed by atoms with Gasteiger partial charge in [-0.05, 0) is 73.2 Å². The van der Waals surface area contributed by atoms with Gasteiger partial charge >= 0.3 is 0 Å².